The van der Waals surface area contributed by atoms with Gasteiger partial charge in [-0.2, -0.15) is 0 Å². The summed E-state index contributed by atoms with van der Waals surface area (Å²) < 4.78 is 27.0. The summed E-state index contributed by atoms with van der Waals surface area (Å²) in [4.78, 5) is 28.0. The molecular weight excluding hydrogens is 280 g/mol. The molecule has 1 aromatic carbocycles. The van der Waals surface area contributed by atoms with Crippen LogP contribution in [0.4, 0.5) is 14.5 Å². The average Bonchev–Trinajstić information content (AvgIpc) is 2.45. The molecule has 21 heavy (non-hydrogen) atoms. The van der Waals surface area contributed by atoms with Gasteiger partial charge in [0.15, 0.2) is 0 Å². The smallest absolute Gasteiger partial charge is 0.259 e. The Labute approximate surface area is 119 Å². The standard InChI is InChI=1S/C14H11F2N3O2/c1-19(14(21)8-5-9(15)7-18-6-8)12-10(13(17)20)3-2-4-11(12)16/h2-7H,1H3,(H2,17,20). The number of pyridine rings is 1. The van der Waals surface area contributed by atoms with Crippen molar-refractivity contribution in [2.45, 2.75) is 0 Å². The summed E-state index contributed by atoms with van der Waals surface area (Å²) in [7, 11) is 1.26. The van der Waals surface area contributed by atoms with Gasteiger partial charge in [-0.25, -0.2) is 8.78 Å². The number of nitrogens with zero attached hydrogens (tertiary/aromatic N) is 2. The average molecular weight is 291 g/mol. The Balaban J connectivity index is 2.47. The molecule has 0 saturated carbocycles. The molecule has 1 aromatic heterocycles. The Kier molecular flexibility index (Phi) is 3.93. The number of benzene rings is 1. The summed E-state index contributed by atoms with van der Waals surface area (Å²) in [5, 5.41) is 0. The van der Waals surface area contributed by atoms with Crippen LogP contribution >= 0.6 is 0 Å². The molecular formula is C14H11F2N3O2. The summed E-state index contributed by atoms with van der Waals surface area (Å²) in [6.07, 6.45) is 2.08. The van der Waals surface area contributed by atoms with Crippen LogP contribution in [0.3, 0.4) is 0 Å². The van der Waals surface area contributed by atoms with Crippen LogP contribution in [0.25, 0.3) is 0 Å². The minimum atomic E-state index is -0.874. The number of anilines is 1. The van der Waals surface area contributed by atoms with Gasteiger partial charge in [-0.1, -0.05) is 6.07 Å². The fourth-order valence-electron chi connectivity index (χ4n) is 1.88. The third-order valence-electron chi connectivity index (χ3n) is 2.84. The normalized spacial score (nSPS) is 10.2. The molecule has 0 unspecified atom stereocenters. The molecule has 0 fully saturated rings. The highest BCUT2D eigenvalue weighted by Gasteiger charge is 2.22. The molecule has 2 rings (SSSR count). The highest BCUT2D eigenvalue weighted by atomic mass is 19.1. The van der Waals surface area contributed by atoms with Gasteiger partial charge in [-0.3, -0.25) is 14.6 Å². The summed E-state index contributed by atoms with van der Waals surface area (Å²) in [5.41, 5.74) is 4.69. The molecule has 0 bridgehead atoms. The van der Waals surface area contributed by atoms with Gasteiger partial charge in [-0.05, 0) is 18.2 Å². The number of nitrogens with two attached hydrogens (primary N) is 1. The zero-order valence-corrected chi connectivity index (χ0v) is 11.0. The van der Waals surface area contributed by atoms with Crippen LogP contribution in [0, 0.1) is 11.6 Å². The van der Waals surface area contributed by atoms with Crippen molar-refractivity contribution in [1.29, 1.82) is 0 Å². The van der Waals surface area contributed by atoms with Gasteiger partial charge in [0.1, 0.15) is 11.6 Å². The van der Waals surface area contributed by atoms with Crippen LogP contribution in [0.1, 0.15) is 20.7 Å². The first kappa shape index (κ1) is 14.6. The van der Waals surface area contributed by atoms with E-state index < -0.39 is 23.4 Å². The maximum absolute atomic E-state index is 13.9. The molecule has 0 radical (unpaired) electrons. The lowest BCUT2D eigenvalue weighted by atomic mass is 10.1. The van der Waals surface area contributed by atoms with Crippen LogP contribution in [0.2, 0.25) is 0 Å². The van der Waals surface area contributed by atoms with Crippen molar-refractivity contribution in [3.8, 4) is 0 Å². The Morgan fingerprint density at radius 1 is 1.24 bits per heavy atom. The molecule has 2 amide bonds. The summed E-state index contributed by atoms with van der Waals surface area (Å²) in [5.74, 6) is -3.07. The van der Waals surface area contributed by atoms with Crippen molar-refractivity contribution < 1.29 is 18.4 Å². The van der Waals surface area contributed by atoms with Crippen molar-refractivity contribution >= 4 is 17.5 Å². The van der Waals surface area contributed by atoms with Gasteiger partial charge in [0.2, 0.25) is 0 Å². The fourth-order valence-corrected chi connectivity index (χ4v) is 1.88. The van der Waals surface area contributed by atoms with Crippen molar-refractivity contribution in [2.24, 2.45) is 5.73 Å². The van der Waals surface area contributed by atoms with Gasteiger partial charge < -0.3 is 10.6 Å². The molecule has 5 nitrogen and oxygen atoms in total. The number of hydrogen-bond acceptors (Lipinski definition) is 3. The molecule has 2 N–H and O–H groups in total. The molecule has 1 heterocycles. The van der Waals surface area contributed by atoms with E-state index in [-0.39, 0.29) is 16.8 Å². The van der Waals surface area contributed by atoms with E-state index in [1.807, 2.05) is 0 Å². The second-order valence-electron chi connectivity index (χ2n) is 4.26. The van der Waals surface area contributed by atoms with E-state index in [0.717, 1.165) is 29.4 Å². The van der Waals surface area contributed by atoms with E-state index >= 15 is 0 Å². The fraction of sp³-hybridized carbons (Fsp3) is 0.0714. The van der Waals surface area contributed by atoms with Crippen molar-refractivity contribution in [2.75, 3.05) is 11.9 Å². The predicted molar refractivity (Wildman–Crippen MR) is 71.8 cm³/mol. The minimum Gasteiger partial charge on any atom is -0.366 e. The van der Waals surface area contributed by atoms with E-state index in [9.17, 15) is 18.4 Å². The van der Waals surface area contributed by atoms with Crippen molar-refractivity contribution in [3.63, 3.8) is 0 Å². The Bertz CT molecular complexity index is 719. The van der Waals surface area contributed by atoms with Crippen LogP contribution in [0.5, 0.6) is 0 Å². The van der Waals surface area contributed by atoms with Crippen LogP contribution in [-0.4, -0.2) is 23.8 Å². The Morgan fingerprint density at radius 3 is 2.57 bits per heavy atom. The lowest BCUT2D eigenvalue weighted by Crippen LogP contribution is -2.30. The van der Waals surface area contributed by atoms with E-state index in [1.165, 1.54) is 19.2 Å². The molecule has 0 saturated heterocycles. The molecule has 0 aliphatic carbocycles. The second kappa shape index (κ2) is 5.66. The molecule has 0 atom stereocenters. The predicted octanol–water partition coefficient (Wildman–Crippen LogP) is 1.74. The summed E-state index contributed by atoms with van der Waals surface area (Å²) in [6.45, 7) is 0. The molecule has 2 aromatic rings. The van der Waals surface area contributed by atoms with Gasteiger partial charge in [-0.15, -0.1) is 0 Å². The summed E-state index contributed by atoms with van der Waals surface area (Å²) in [6, 6.07) is 4.67. The molecule has 0 aliphatic rings. The number of para-hydroxylation sites is 1. The van der Waals surface area contributed by atoms with Gasteiger partial charge in [0.25, 0.3) is 11.8 Å². The largest absolute Gasteiger partial charge is 0.366 e. The number of primary amides is 1. The maximum Gasteiger partial charge on any atom is 0.259 e. The molecule has 108 valence electrons. The van der Waals surface area contributed by atoms with Crippen LogP contribution in [0.15, 0.2) is 36.7 Å². The van der Waals surface area contributed by atoms with Gasteiger partial charge in [0, 0.05) is 13.2 Å². The first-order chi connectivity index (χ1) is 9.91. The zero-order chi connectivity index (χ0) is 15.6. The first-order valence-corrected chi connectivity index (χ1v) is 5.88. The van der Waals surface area contributed by atoms with Crippen LogP contribution < -0.4 is 10.6 Å². The zero-order valence-electron chi connectivity index (χ0n) is 11.0. The third-order valence-corrected chi connectivity index (χ3v) is 2.84. The van der Waals surface area contributed by atoms with E-state index in [0.29, 0.717) is 0 Å². The van der Waals surface area contributed by atoms with Crippen molar-refractivity contribution in [1.82, 2.24) is 4.98 Å². The SMILES string of the molecule is CN(C(=O)c1cncc(F)c1)c1c(F)cccc1C(N)=O. The van der Waals surface area contributed by atoms with E-state index in [1.54, 1.807) is 0 Å². The number of rotatable bonds is 3. The Hall–Kier alpha value is -2.83. The highest BCUT2D eigenvalue weighted by Crippen LogP contribution is 2.24. The molecule has 0 aliphatic heterocycles. The highest BCUT2D eigenvalue weighted by molar-refractivity contribution is 6.09. The van der Waals surface area contributed by atoms with E-state index in [2.05, 4.69) is 4.98 Å². The second-order valence-corrected chi connectivity index (χ2v) is 4.26. The number of aromatic nitrogens is 1. The van der Waals surface area contributed by atoms with Crippen molar-refractivity contribution in [3.05, 3.63) is 59.4 Å². The Morgan fingerprint density at radius 2 is 1.95 bits per heavy atom. The quantitative estimate of drug-likeness (QED) is 0.935. The van der Waals surface area contributed by atoms with Gasteiger partial charge >= 0.3 is 0 Å². The third kappa shape index (κ3) is 2.86. The van der Waals surface area contributed by atoms with E-state index in [4.69, 9.17) is 5.73 Å². The molecule has 0 spiro atoms. The van der Waals surface area contributed by atoms with Gasteiger partial charge in [0.05, 0.1) is 23.0 Å². The number of halogens is 2. The number of carbonyl (C=O) groups is 2. The monoisotopic (exact) mass is 291 g/mol. The maximum atomic E-state index is 13.9. The molecule has 7 heteroatoms. The first-order valence-electron chi connectivity index (χ1n) is 5.88. The number of carbonyl (C=O) groups excluding carboxylic acids is 2. The van der Waals surface area contributed by atoms with Crippen LogP contribution in [-0.2, 0) is 0 Å². The number of amides is 2. The lowest BCUT2D eigenvalue weighted by Gasteiger charge is -2.20. The summed E-state index contributed by atoms with van der Waals surface area (Å²) >= 11 is 0. The lowest BCUT2D eigenvalue weighted by molar-refractivity contribution is 0.0990. The topological polar surface area (TPSA) is 76.3 Å². The minimum absolute atomic E-state index is 0.0730. The number of hydrogen-bond donors (Lipinski definition) is 1.